The van der Waals surface area contributed by atoms with Crippen LogP contribution in [0.25, 0.3) is 0 Å². The second-order valence-corrected chi connectivity index (χ2v) is 33.1. The predicted molar refractivity (Wildman–Crippen MR) is 414 cm³/mol. The first-order chi connectivity index (χ1) is 48.9. The molecule has 0 aliphatic rings. The zero-order valence-corrected chi connectivity index (χ0v) is 68.0. The van der Waals surface area contributed by atoms with Gasteiger partial charge in [0.05, 0.1) is 26.4 Å². The summed E-state index contributed by atoms with van der Waals surface area (Å²) in [6, 6.07) is 0. The fraction of sp³-hybridized carbons (Fsp3) is 0.951. The lowest BCUT2D eigenvalue weighted by atomic mass is 10.00. The van der Waals surface area contributed by atoms with Gasteiger partial charge in [0.1, 0.15) is 19.3 Å². The Bertz CT molecular complexity index is 1940. The Labute approximate surface area is 619 Å². The van der Waals surface area contributed by atoms with Gasteiger partial charge in [-0.25, -0.2) is 9.13 Å². The molecule has 0 amide bonds. The van der Waals surface area contributed by atoms with Crippen LogP contribution in [0.5, 0.6) is 0 Å². The number of unbranched alkanes of at least 4 members (excludes halogenated alkanes) is 50. The number of phosphoric ester groups is 2. The zero-order chi connectivity index (χ0) is 74.2. The van der Waals surface area contributed by atoms with Crippen LogP contribution in [0.3, 0.4) is 0 Å². The smallest absolute Gasteiger partial charge is 0.462 e. The number of phosphoric acid groups is 2. The van der Waals surface area contributed by atoms with E-state index < -0.39 is 97.5 Å². The standard InChI is InChI=1S/C82H160O17P2/c1-7-10-12-14-16-18-20-22-24-26-28-29-30-31-33-35-37-39-41-46-54-60-66-81(86)98-77(70-92-79(84)64-58-52-45-40-38-36-34-32-27-25-23-21-19-17-15-13-11-8-2)72-96-100(88,89)94-68-76(83)69-95-101(90,91)97-73-78(71-93-80(85)65-59-53-49-48-51-57-63-75(6)9-3)99-82(87)67-61-55-47-43-42-44-50-56-62-74(4)5/h74-78,83H,7-73H2,1-6H3,(H,88,89)(H,90,91)/t75?,76-,77-,78-/m1/s1. The van der Waals surface area contributed by atoms with Crippen molar-refractivity contribution in [2.75, 3.05) is 39.6 Å². The van der Waals surface area contributed by atoms with Crippen LogP contribution in [0, 0.1) is 11.8 Å². The van der Waals surface area contributed by atoms with E-state index in [1.165, 1.54) is 244 Å². The summed E-state index contributed by atoms with van der Waals surface area (Å²) < 4.78 is 68.7. The Morgan fingerprint density at radius 2 is 0.505 bits per heavy atom. The molecule has 0 aliphatic heterocycles. The summed E-state index contributed by atoms with van der Waals surface area (Å²) in [6.07, 6.45) is 64.2. The Morgan fingerprint density at radius 3 is 0.752 bits per heavy atom. The Morgan fingerprint density at radius 1 is 0.287 bits per heavy atom. The number of esters is 4. The number of ether oxygens (including phenoxy) is 4. The van der Waals surface area contributed by atoms with Crippen LogP contribution in [0.1, 0.15) is 433 Å². The number of carbonyl (C=O) groups excluding carboxylic acids is 4. The molecule has 0 radical (unpaired) electrons. The summed E-state index contributed by atoms with van der Waals surface area (Å²) >= 11 is 0. The molecule has 0 aromatic carbocycles. The molecule has 19 heteroatoms. The average molecular weight is 1480 g/mol. The van der Waals surface area contributed by atoms with E-state index in [0.29, 0.717) is 25.7 Å². The number of hydrogen-bond acceptors (Lipinski definition) is 15. The molecule has 0 saturated carbocycles. The van der Waals surface area contributed by atoms with Crippen LogP contribution in [0.15, 0.2) is 0 Å². The monoisotopic (exact) mass is 1480 g/mol. The lowest BCUT2D eigenvalue weighted by Crippen LogP contribution is -2.30. The molecular formula is C82H160O17P2. The molecule has 600 valence electrons. The van der Waals surface area contributed by atoms with Gasteiger partial charge in [-0.15, -0.1) is 0 Å². The van der Waals surface area contributed by atoms with Crippen LogP contribution >= 0.6 is 15.6 Å². The van der Waals surface area contributed by atoms with Gasteiger partial charge in [0.15, 0.2) is 12.2 Å². The van der Waals surface area contributed by atoms with Gasteiger partial charge < -0.3 is 33.8 Å². The van der Waals surface area contributed by atoms with Crippen LogP contribution in [0.4, 0.5) is 0 Å². The maximum atomic E-state index is 13.1. The van der Waals surface area contributed by atoms with E-state index in [-0.39, 0.29) is 25.7 Å². The third-order valence-electron chi connectivity index (χ3n) is 19.6. The second-order valence-electron chi connectivity index (χ2n) is 30.2. The molecule has 0 fully saturated rings. The largest absolute Gasteiger partial charge is 0.472 e. The molecule has 17 nitrogen and oxygen atoms in total. The van der Waals surface area contributed by atoms with Crippen molar-refractivity contribution in [1.29, 1.82) is 0 Å². The van der Waals surface area contributed by atoms with E-state index in [2.05, 4.69) is 41.5 Å². The van der Waals surface area contributed by atoms with Crippen LogP contribution in [-0.4, -0.2) is 96.7 Å². The van der Waals surface area contributed by atoms with Gasteiger partial charge in [-0.2, -0.15) is 0 Å². The first kappa shape index (κ1) is 99.1. The molecule has 0 spiro atoms. The molecule has 0 saturated heterocycles. The number of aliphatic hydroxyl groups excluding tert-OH is 1. The van der Waals surface area contributed by atoms with Gasteiger partial charge in [-0.1, -0.05) is 382 Å². The molecule has 0 aromatic heterocycles. The third-order valence-corrected chi connectivity index (χ3v) is 21.5. The van der Waals surface area contributed by atoms with E-state index in [1.54, 1.807) is 0 Å². The molecule has 0 aromatic rings. The number of rotatable bonds is 81. The minimum atomic E-state index is -4.96. The Hall–Kier alpha value is -1.94. The summed E-state index contributed by atoms with van der Waals surface area (Å²) in [7, 11) is -9.92. The molecule has 0 bridgehead atoms. The molecule has 101 heavy (non-hydrogen) atoms. The predicted octanol–water partition coefficient (Wildman–Crippen LogP) is 24.7. The maximum absolute atomic E-state index is 13.1. The van der Waals surface area contributed by atoms with Gasteiger partial charge in [-0.05, 0) is 37.5 Å². The summed E-state index contributed by atoms with van der Waals surface area (Å²) in [5, 5.41) is 10.6. The van der Waals surface area contributed by atoms with E-state index in [0.717, 1.165) is 108 Å². The van der Waals surface area contributed by atoms with Gasteiger partial charge in [-0.3, -0.25) is 37.3 Å². The van der Waals surface area contributed by atoms with Gasteiger partial charge in [0.2, 0.25) is 0 Å². The topological polar surface area (TPSA) is 237 Å². The number of hydrogen-bond donors (Lipinski definition) is 3. The lowest BCUT2D eigenvalue weighted by Gasteiger charge is -2.21. The van der Waals surface area contributed by atoms with Crippen molar-refractivity contribution < 1.29 is 80.2 Å². The second kappa shape index (κ2) is 73.6. The first-order valence-electron chi connectivity index (χ1n) is 42.5. The summed E-state index contributed by atoms with van der Waals surface area (Å²) in [5.74, 6) is -0.664. The minimum Gasteiger partial charge on any atom is -0.462 e. The fourth-order valence-corrected chi connectivity index (χ4v) is 14.3. The number of aliphatic hydroxyl groups is 1. The first-order valence-corrected chi connectivity index (χ1v) is 45.5. The normalized spacial score (nSPS) is 14.2. The van der Waals surface area contributed by atoms with E-state index in [4.69, 9.17) is 37.0 Å². The molecule has 0 heterocycles. The highest BCUT2D eigenvalue weighted by atomic mass is 31.2. The van der Waals surface area contributed by atoms with Gasteiger partial charge in [0, 0.05) is 25.7 Å². The van der Waals surface area contributed by atoms with Crippen LogP contribution in [0.2, 0.25) is 0 Å². The van der Waals surface area contributed by atoms with Crippen molar-refractivity contribution in [2.45, 2.75) is 452 Å². The van der Waals surface area contributed by atoms with Gasteiger partial charge >= 0.3 is 39.5 Å². The van der Waals surface area contributed by atoms with Crippen molar-refractivity contribution in [3.8, 4) is 0 Å². The third kappa shape index (κ3) is 74.7. The molecular weight excluding hydrogens is 1320 g/mol. The van der Waals surface area contributed by atoms with E-state index in [9.17, 15) is 43.2 Å². The van der Waals surface area contributed by atoms with Crippen molar-refractivity contribution in [3.05, 3.63) is 0 Å². The zero-order valence-electron chi connectivity index (χ0n) is 66.2. The lowest BCUT2D eigenvalue weighted by molar-refractivity contribution is -0.161. The van der Waals surface area contributed by atoms with E-state index >= 15 is 0 Å². The minimum absolute atomic E-state index is 0.104. The number of carbonyl (C=O) groups is 4. The van der Waals surface area contributed by atoms with Crippen LogP contribution in [-0.2, 0) is 65.4 Å². The maximum Gasteiger partial charge on any atom is 0.472 e. The van der Waals surface area contributed by atoms with Gasteiger partial charge in [0.25, 0.3) is 0 Å². The molecule has 0 aliphatic carbocycles. The summed E-state index contributed by atoms with van der Waals surface area (Å²) in [6.45, 7) is 9.55. The highest BCUT2D eigenvalue weighted by molar-refractivity contribution is 7.47. The highest BCUT2D eigenvalue weighted by Crippen LogP contribution is 2.45. The van der Waals surface area contributed by atoms with Crippen molar-refractivity contribution >= 4 is 39.5 Å². The molecule has 6 atom stereocenters. The quantitative estimate of drug-likeness (QED) is 0.0222. The van der Waals surface area contributed by atoms with Crippen molar-refractivity contribution in [3.63, 3.8) is 0 Å². The fourth-order valence-electron chi connectivity index (χ4n) is 12.7. The molecule has 3 unspecified atom stereocenters. The van der Waals surface area contributed by atoms with E-state index in [1.807, 2.05) is 0 Å². The van der Waals surface area contributed by atoms with Crippen molar-refractivity contribution in [1.82, 2.24) is 0 Å². The molecule has 0 rings (SSSR count). The summed E-state index contributed by atoms with van der Waals surface area (Å²) in [5.41, 5.74) is 0. The average Bonchev–Trinajstić information content (AvgIpc) is 1.23. The summed E-state index contributed by atoms with van der Waals surface area (Å²) in [4.78, 5) is 73.0. The highest BCUT2D eigenvalue weighted by Gasteiger charge is 2.30. The molecule has 3 N–H and O–H groups in total. The Kier molecular flexibility index (Phi) is 72.2. The van der Waals surface area contributed by atoms with Crippen LogP contribution < -0.4 is 0 Å². The van der Waals surface area contributed by atoms with Crippen molar-refractivity contribution in [2.24, 2.45) is 11.8 Å². The SMILES string of the molecule is CCCCCCCCCCCCCCCCCCCCCCCCC(=O)O[C@H](COC(=O)CCCCCCCCCCCCCCCCCCCC)COP(=O)(O)OC[C@@H](O)COP(=O)(O)OC[C@@H](COC(=O)CCCCCCCCC(C)CC)OC(=O)CCCCCCCCCCC(C)C. The Balaban J connectivity index is 5.20.